The van der Waals surface area contributed by atoms with Gasteiger partial charge >= 0.3 is 0 Å². The van der Waals surface area contributed by atoms with Crippen molar-refractivity contribution in [3.63, 3.8) is 0 Å². The van der Waals surface area contributed by atoms with Gasteiger partial charge in [0.1, 0.15) is 18.2 Å². The predicted octanol–water partition coefficient (Wildman–Crippen LogP) is 3.49. The van der Waals surface area contributed by atoms with E-state index in [4.69, 9.17) is 25.7 Å². The lowest BCUT2D eigenvalue weighted by molar-refractivity contribution is 0.224. The summed E-state index contributed by atoms with van der Waals surface area (Å²) in [6, 6.07) is 7.54. The molecule has 0 unspecified atom stereocenters. The van der Waals surface area contributed by atoms with Crippen molar-refractivity contribution in [3.05, 3.63) is 42.9 Å². The number of nitrogens with zero attached hydrogens (tertiary/aromatic N) is 4. The third-order valence-electron chi connectivity index (χ3n) is 6.07. The van der Waals surface area contributed by atoms with Crippen LogP contribution in [0.2, 0.25) is 0 Å². The summed E-state index contributed by atoms with van der Waals surface area (Å²) in [6.07, 6.45) is 5.14. The first-order chi connectivity index (χ1) is 17.0. The maximum Gasteiger partial charge on any atom is 0.162 e. The molecule has 184 valence electrons. The van der Waals surface area contributed by atoms with Gasteiger partial charge in [-0.05, 0) is 36.7 Å². The van der Waals surface area contributed by atoms with Crippen molar-refractivity contribution in [2.75, 3.05) is 46.2 Å². The van der Waals surface area contributed by atoms with Gasteiger partial charge in [-0.3, -0.25) is 9.97 Å². The van der Waals surface area contributed by atoms with Crippen LogP contribution in [0.25, 0.3) is 32.9 Å². The van der Waals surface area contributed by atoms with Crippen molar-refractivity contribution in [1.82, 2.24) is 19.9 Å². The third-order valence-corrected chi connectivity index (χ3v) is 6.07. The number of methoxy groups -OCH3 is 2. The Labute approximate surface area is 205 Å². The molecule has 9 heteroatoms. The third kappa shape index (κ3) is 5.21. The molecule has 4 N–H and O–H groups in total. The summed E-state index contributed by atoms with van der Waals surface area (Å²) in [5.41, 5.74) is 14.8. The molecule has 1 aromatic carbocycles. The number of pyridine rings is 3. The lowest BCUT2D eigenvalue weighted by Gasteiger charge is -2.22. The Balaban J connectivity index is 1.67. The minimum absolute atomic E-state index is 0.0983. The molecule has 0 fully saturated rings. The number of nitrogens with two attached hydrogens (primary N) is 2. The van der Waals surface area contributed by atoms with Gasteiger partial charge in [0.25, 0.3) is 0 Å². The van der Waals surface area contributed by atoms with Crippen LogP contribution in [0.5, 0.6) is 17.2 Å². The van der Waals surface area contributed by atoms with Crippen LogP contribution < -0.4 is 25.7 Å². The number of nitrogen functional groups attached to an aromatic ring is 1. The summed E-state index contributed by atoms with van der Waals surface area (Å²) in [7, 11) is 3.21. The molecular weight excluding hydrogens is 444 g/mol. The molecule has 9 nitrogen and oxygen atoms in total. The maximum atomic E-state index is 6.34. The Morgan fingerprint density at radius 1 is 0.914 bits per heavy atom. The van der Waals surface area contributed by atoms with Crippen LogP contribution >= 0.6 is 0 Å². The number of fused-ring (bicyclic) bond motifs is 3. The molecule has 4 aromatic rings. The summed E-state index contributed by atoms with van der Waals surface area (Å²) in [4.78, 5) is 15.8. The van der Waals surface area contributed by atoms with Gasteiger partial charge in [0.15, 0.2) is 11.5 Å². The first-order valence-corrected chi connectivity index (χ1v) is 11.6. The van der Waals surface area contributed by atoms with Crippen molar-refractivity contribution in [3.8, 4) is 28.5 Å². The van der Waals surface area contributed by atoms with Crippen LogP contribution in [0.3, 0.4) is 0 Å². The van der Waals surface area contributed by atoms with Gasteiger partial charge in [-0.25, -0.2) is 4.98 Å². The van der Waals surface area contributed by atoms with E-state index < -0.39 is 0 Å². The second-order valence-electron chi connectivity index (χ2n) is 8.30. The largest absolute Gasteiger partial charge is 0.493 e. The van der Waals surface area contributed by atoms with Gasteiger partial charge in [-0.2, -0.15) is 0 Å². The molecule has 1 atom stereocenters. The molecule has 0 saturated carbocycles. The van der Waals surface area contributed by atoms with E-state index in [9.17, 15) is 0 Å². The summed E-state index contributed by atoms with van der Waals surface area (Å²) >= 11 is 0. The predicted molar refractivity (Wildman–Crippen MR) is 139 cm³/mol. The highest BCUT2D eigenvalue weighted by Crippen LogP contribution is 2.37. The molecular formula is C26H32N6O3. The molecule has 3 heterocycles. The Kier molecular flexibility index (Phi) is 7.48. The minimum atomic E-state index is -0.0983. The highest BCUT2D eigenvalue weighted by molar-refractivity contribution is 6.10. The smallest absolute Gasteiger partial charge is 0.162 e. The lowest BCUT2D eigenvalue weighted by Crippen LogP contribution is -2.41. The number of rotatable bonds is 10. The Morgan fingerprint density at radius 3 is 2.37 bits per heavy atom. The highest BCUT2D eigenvalue weighted by Gasteiger charge is 2.14. The van der Waals surface area contributed by atoms with Gasteiger partial charge in [0.05, 0.1) is 37.7 Å². The van der Waals surface area contributed by atoms with Gasteiger partial charge in [-0.15, -0.1) is 0 Å². The molecule has 0 radical (unpaired) electrons. The van der Waals surface area contributed by atoms with E-state index in [2.05, 4.69) is 33.7 Å². The number of anilines is 1. The molecule has 0 aliphatic carbocycles. The van der Waals surface area contributed by atoms with Gasteiger partial charge < -0.3 is 30.6 Å². The van der Waals surface area contributed by atoms with E-state index in [0.29, 0.717) is 35.4 Å². The van der Waals surface area contributed by atoms with Crippen LogP contribution in [-0.2, 0) is 0 Å². The van der Waals surface area contributed by atoms with E-state index in [0.717, 1.165) is 46.9 Å². The second-order valence-corrected chi connectivity index (χ2v) is 8.30. The molecule has 0 aliphatic heterocycles. The molecule has 0 saturated heterocycles. The van der Waals surface area contributed by atoms with Crippen LogP contribution in [0.4, 0.5) is 5.82 Å². The van der Waals surface area contributed by atoms with Crippen molar-refractivity contribution in [1.29, 1.82) is 0 Å². The fourth-order valence-corrected chi connectivity index (χ4v) is 4.11. The van der Waals surface area contributed by atoms with Gasteiger partial charge in [-0.1, -0.05) is 13.8 Å². The number of aromatic nitrogens is 3. The first kappa shape index (κ1) is 24.4. The normalized spacial score (nSPS) is 12.3. The van der Waals surface area contributed by atoms with E-state index >= 15 is 0 Å². The fourth-order valence-electron chi connectivity index (χ4n) is 4.11. The Bertz CT molecular complexity index is 1330. The zero-order valence-electron chi connectivity index (χ0n) is 20.6. The average molecular weight is 477 g/mol. The lowest BCUT2D eigenvalue weighted by atomic mass is 10.0. The summed E-state index contributed by atoms with van der Waals surface area (Å²) in [6.45, 7) is 7.33. The van der Waals surface area contributed by atoms with Crippen LogP contribution in [0.15, 0.2) is 42.9 Å². The van der Waals surface area contributed by atoms with E-state index in [-0.39, 0.29) is 6.04 Å². The van der Waals surface area contributed by atoms with E-state index in [1.165, 1.54) is 0 Å². The van der Waals surface area contributed by atoms with E-state index in [1.807, 2.05) is 24.3 Å². The topological polar surface area (TPSA) is 122 Å². The fraction of sp³-hybridized carbons (Fsp3) is 0.346. The number of ether oxygens (including phenoxy) is 3. The summed E-state index contributed by atoms with van der Waals surface area (Å²) < 4.78 is 16.9. The zero-order chi connectivity index (χ0) is 24.9. The standard InChI is InChI=1S/C26H32N6O3/c1-5-32(6-2)14-17(27)15-35-18-7-16(11-29-12-18)22-8-19-20-9-24(33-3)25(34-4)10-23(20)30-13-21(19)26(28)31-22/h7-13,17H,5-6,14-15,27H2,1-4H3,(H2,28,31)/t17-/m0/s1. The number of likely N-dealkylation sites (N-methyl/N-ethyl adjacent to an activating group) is 1. The molecule has 0 amide bonds. The van der Waals surface area contributed by atoms with Crippen molar-refractivity contribution in [2.45, 2.75) is 19.9 Å². The second kappa shape index (κ2) is 10.7. The van der Waals surface area contributed by atoms with Crippen molar-refractivity contribution < 1.29 is 14.2 Å². The summed E-state index contributed by atoms with van der Waals surface area (Å²) in [5.74, 6) is 2.24. The average Bonchev–Trinajstić information content (AvgIpc) is 2.89. The maximum absolute atomic E-state index is 6.34. The van der Waals surface area contributed by atoms with Crippen molar-refractivity contribution >= 4 is 27.5 Å². The van der Waals surface area contributed by atoms with Crippen LogP contribution in [-0.4, -0.2) is 66.4 Å². The Hall–Kier alpha value is -3.69. The van der Waals surface area contributed by atoms with E-state index in [1.54, 1.807) is 32.8 Å². The highest BCUT2D eigenvalue weighted by atomic mass is 16.5. The summed E-state index contributed by atoms with van der Waals surface area (Å²) in [5, 5.41) is 2.56. The van der Waals surface area contributed by atoms with Crippen LogP contribution in [0.1, 0.15) is 13.8 Å². The molecule has 0 aliphatic rings. The zero-order valence-corrected chi connectivity index (χ0v) is 20.6. The number of benzene rings is 1. The molecule has 3 aromatic heterocycles. The molecule has 0 bridgehead atoms. The van der Waals surface area contributed by atoms with Crippen LogP contribution in [0, 0.1) is 0 Å². The number of hydrogen-bond donors (Lipinski definition) is 2. The SMILES string of the molecule is CCN(CC)C[C@H](N)COc1cncc(-c2cc3c(cnc4cc(OC)c(OC)cc43)c(N)n2)c1. The van der Waals surface area contributed by atoms with Crippen molar-refractivity contribution in [2.24, 2.45) is 5.73 Å². The quantitative estimate of drug-likeness (QED) is 0.331. The molecule has 0 spiro atoms. The van der Waals surface area contributed by atoms with Gasteiger partial charge in [0, 0.05) is 41.3 Å². The van der Waals surface area contributed by atoms with Gasteiger partial charge in [0.2, 0.25) is 0 Å². The molecule has 4 rings (SSSR count). The number of hydrogen-bond acceptors (Lipinski definition) is 9. The minimum Gasteiger partial charge on any atom is -0.493 e. The first-order valence-electron chi connectivity index (χ1n) is 11.6. The Morgan fingerprint density at radius 2 is 1.66 bits per heavy atom. The monoisotopic (exact) mass is 476 g/mol. The molecule has 35 heavy (non-hydrogen) atoms.